The second-order valence-corrected chi connectivity index (χ2v) is 22.2. The number of nitrogens with zero attached hydrogens (tertiary/aromatic N) is 8. The zero-order chi connectivity index (χ0) is 45.2. The van der Waals surface area contributed by atoms with Crippen molar-refractivity contribution in [3.8, 4) is 5.75 Å². The number of fused-ring (bicyclic) bond motifs is 1. The zero-order valence-electron chi connectivity index (χ0n) is 37.7. The number of imide groups is 1. The third kappa shape index (κ3) is 10.0. The van der Waals surface area contributed by atoms with Gasteiger partial charge in [0, 0.05) is 107 Å². The number of carbonyl (C=O) groups is 2. The summed E-state index contributed by atoms with van der Waals surface area (Å²) in [6.45, 7) is 15.4. The smallest absolute Gasteiger partial charge is 0.234 e. The van der Waals surface area contributed by atoms with Crippen LogP contribution >= 0.6 is 23.1 Å². The molecule has 4 aliphatic rings. The van der Waals surface area contributed by atoms with E-state index in [-0.39, 0.29) is 17.7 Å². The van der Waals surface area contributed by atoms with Gasteiger partial charge in [-0.3, -0.25) is 29.8 Å². The third-order valence-electron chi connectivity index (χ3n) is 13.6. The van der Waals surface area contributed by atoms with Gasteiger partial charge in [-0.15, -0.1) is 0 Å². The molecular formula is C48H59BrN11O4P. The van der Waals surface area contributed by atoms with Crippen molar-refractivity contribution in [2.45, 2.75) is 57.4 Å². The second kappa shape index (κ2) is 19.4. The molecule has 1 unspecified atom stereocenters. The average Bonchev–Trinajstić information content (AvgIpc) is 3.78. The Bertz CT molecular complexity index is 2600. The zero-order valence-corrected chi connectivity index (χ0v) is 40.2. The molecule has 4 aliphatic heterocycles. The van der Waals surface area contributed by atoms with Crippen LogP contribution in [0.4, 0.5) is 34.5 Å². The number of aryl methyl sites for hydroxylation is 1. The molecule has 9 rings (SSSR count). The SMILES string of the molecule is CCc1cc(Nc2ncc(Br)c(Nc3ccc4nccnc4c3P(C)(C)=O)n2)c(OC)cc1N1CCC(N2CCN(C[C@@H]3CCN(c4ccc(C5CCC(=O)NC5=O)cc4)C3)CC2)CC1. The second-order valence-electron chi connectivity index (χ2n) is 18.2. The summed E-state index contributed by atoms with van der Waals surface area (Å²) in [5.41, 5.74) is 7.37. The van der Waals surface area contributed by atoms with Gasteiger partial charge in [-0.1, -0.05) is 19.1 Å². The van der Waals surface area contributed by atoms with Crippen LogP contribution < -0.4 is 35.8 Å². The van der Waals surface area contributed by atoms with Crippen molar-refractivity contribution < 1.29 is 18.9 Å². The number of aromatic nitrogens is 4. The first-order chi connectivity index (χ1) is 31.4. The van der Waals surface area contributed by atoms with Gasteiger partial charge in [0.2, 0.25) is 17.8 Å². The topological polar surface area (TPSA) is 161 Å². The van der Waals surface area contributed by atoms with Crippen molar-refractivity contribution in [1.82, 2.24) is 35.1 Å². The molecule has 2 aromatic heterocycles. The first kappa shape index (κ1) is 45.0. The van der Waals surface area contributed by atoms with E-state index in [0.717, 1.165) is 95.2 Å². The summed E-state index contributed by atoms with van der Waals surface area (Å²) in [6.07, 6.45) is 10.2. The molecule has 2 amide bonds. The Kier molecular flexibility index (Phi) is 13.4. The van der Waals surface area contributed by atoms with Crippen molar-refractivity contribution in [1.29, 1.82) is 0 Å². The van der Waals surface area contributed by atoms with E-state index in [4.69, 9.17) is 9.72 Å². The number of rotatable bonds is 13. The van der Waals surface area contributed by atoms with Gasteiger partial charge in [-0.2, -0.15) is 4.98 Å². The Hall–Kier alpha value is -5.15. The van der Waals surface area contributed by atoms with Crippen LogP contribution in [0.2, 0.25) is 0 Å². The van der Waals surface area contributed by atoms with E-state index in [1.54, 1.807) is 39.0 Å². The highest BCUT2D eigenvalue weighted by atomic mass is 79.9. The highest BCUT2D eigenvalue weighted by Gasteiger charge is 2.32. The van der Waals surface area contributed by atoms with E-state index in [9.17, 15) is 14.2 Å². The van der Waals surface area contributed by atoms with Crippen molar-refractivity contribution in [2.75, 3.05) is 99.8 Å². The highest BCUT2D eigenvalue weighted by Crippen LogP contribution is 2.42. The monoisotopic (exact) mass is 963 g/mol. The molecule has 3 N–H and O–H groups in total. The number of halogens is 1. The number of ether oxygens (including phenoxy) is 1. The molecule has 6 heterocycles. The molecule has 4 saturated heterocycles. The summed E-state index contributed by atoms with van der Waals surface area (Å²) < 4.78 is 20.2. The molecule has 0 radical (unpaired) electrons. The Morgan fingerprint density at radius 3 is 2.34 bits per heavy atom. The van der Waals surface area contributed by atoms with Crippen LogP contribution in [0.5, 0.6) is 5.75 Å². The number of hydrogen-bond acceptors (Lipinski definition) is 14. The van der Waals surface area contributed by atoms with E-state index in [1.807, 2.05) is 12.1 Å². The predicted octanol–water partition coefficient (Wildman–Crippen LogP) is 7.12. The number of benzene rings is 3. The van der Waals surface area contributed by atoms with Crippen LogP contribution in [-0.4, -0.2) is 127 Å². The number of carbonyl (C=O) groups excluding carboxylic acids is 2. The summed E-state index contributed by atoms with van der Waals surface area (Å²) in [5, 5.41) is 9.92. The number of amides is 2. The van der Waals surface area contributed by atoms with Crippen LogP contribution in [0.3, 0.4) is 0 Å². The lowest BCUT2D eigenvalue weighted by Crippen LogP contribution is -2.54. The predicted molar refractivity (Wildman–Crippen MR) is 262 cm³/mol. The fraction of sp³-hybridized carbons (Fsp3) is 0.458. The lowest BCUT2D eigenvalue weighted by atomic mass is 9.90. The van der Waals surface area contributed by atoms with Gasteiger partial charge in [-0.25, -0.2) is 4.98 Å². The number of anilines is 6. The van der Waals surface area contributed by atoms with Crippen molar-refractivity contribution >= 4 is 85.7 Å². The van der Waals surface area contributed by atoms with Crippen molar-refractivity contribution in [3.05, 3.63) is 82.7 Å². The van der Waals surface area contributed by atoms with E-state index >= 15 is 0 Å². The van der Waals surface area contributed by atoms with Crippen molar-refractivity contribution in [3.63, 3.8) is 0 Å². The average molecular weight is 965 g/mol. The van der Waals surface area contributed by atoms with Gasteiger partial charge in [0.25, 0.3) is 0 Å². The van der Waals surface area contributed by atoms with Gasteiger partial charge in [0.05, 0.1) is 39.7 Å². The molecule has 2 atom stereocenters. The van der Waals surface area contributed by atoms with E-state index in [2.05, 4.69) is 110 Å². The first-order valence-corrected chi connectivity index (χ1v) is 26.3. The molecule has 0 spiro atoms. The summed E-state index contributed by atoms with van der Waals surface area (Å²) in [4.78, 5) is 52.7. The van der Waals surface area contributed by atoms with Gasteiger partial charge in [0.1, 0.15) is 24.2 Å². The Labute approximate surface area is 389 Å². The Balaban J connectivity index is 0.777. The molecule has 0 aliphatic carbocycles. The quantitative estimate of drug-likeness (QED) is 0.0808. The fourth-order valence-electron chi connectivity index (χ4n) is 10.2. The maximum Gasteiger partial charge on any atom is 0.234 e. The van der Waals surface area contributed by atoms with Crippen molar-refractivity contribution in [2.24, 2.45) is 5.92 Å². The lowest BCUT2D eigenvalue weighted by molar-refractivity contribution is -0.134. The van der Waals surface area contributed by atoms with Gasteiger partial charge in [-0.05, 0) is 109 Å². The minimum Gasteiger partial charge on any atom is -0.494 e. The Morgan fingerprint density at radius 1 is 0.862 bits per heavy atom. The van der Waals surface area contributed by atoms with Gasteiger partial charge >= 0.3 is 0 Å². The molecule has 4 fully saturated rings. The molecule has 342 valence electrons. The van der Waals surface area contributed by atoms with E-state index in [0.29, 0.717) is 63.1 Å². The minimum atomic E-state index is -2.77. The number of methoxy groups -OCH3 is 1. The van der Waals surface area contributed by atoms with Gasteiger partial charge < -0.3 is 34.6 Å². The Morgan fingerprint density at radius 2 is 1.62 bits per heavy atom. The standard InChI is InChI=1S/C48H59BrN11O4P/c1-5-32-26-40(54-48-52-28-37(49)46(56-48)53-39-12-11-38-44(51-18-17-50-38)45(39)65(3,4)63)42(64-2)27-41(32)59-20-15-35(16-21-59)58-24-22-57(23-25-58)29-31-14-19-60(30-31)34-8-6-33(7-9-34)36-10-13-43(61)55-47(36)62/h6-9,11-12,17-18,26-28,31,35-36H,5,10,13-16,19-25,29-30H2,1-4H3,(H,55,61,62)(H2,52,53,54,56)/t31-,36?/m0/s1. The largest absolute Gasteiger partial charge is 0.494 e. The van der Waals surface area contributed by atoms with E-state index in [1.165, 1.54) is 23.4 Å². The third-order valence-corrected chi connectivity index (χ3v) is 15.7. The molecule has 17 heteroatoms. The first-order valence-electron chi connectivity index (χ1n) is 22.9. The number of nitrogens with one attached hydrogen (secondary N) is 3. The maximum absolute atomic E-state index is 13.5. The molecule has 5 aromatic rings. The molecule has 0 saturated carbocycles. The summed E-state index contributed by atoms with van der Waals surface area (Å²) in [6, 6.07) is 17.1. The van der Waals surface area contributed by atoms with Crippen LogP contribution in [0, 0.1) is 5.92 Å². The summed E-state index contributed by atoms with van der Waals surface area (Å²) >= 11 is 3.61. The molecule has 0 bridgehead atoms. The number of piperidine rings is 2. The molecule has 3 aromatic carbocycles. The van der Waals surface area contributed by atoms with Crippen LogP contribution in [0.25, 0.3) is 11.0 Å². The number of piperazine rings is 1. The lowest BCUT2D eigenvalue weighted by Gasteiger charge is -2.44. The maximum atomic E-state index is 13.5. The normalized spacial score (nSPS) is 20.3. The van der Waals surface area contributed by atoms with Gasteiger partial charge in [0.15, 0.2) is 0 Å². The van der Waals surface area contributed by atoms with Crippen LogP contribution in [0.1, 0.15) is 56.1 Å². The molecule has 65 heavy (non-hydrogen) atoms. The van der Waals surface area contributed by atoms with Crippen LogP contribution in [-0.2, 0) is 20.6 Å². The molecular weight excluding hydrogens is 905 g/mol. The summed E-state index contributed by atoms with van der Waals surface area (Å²) in [5.74, 6) is 1.68. The summed E-state index contributed by atoms with van der Waals surface area (Å²) in [7, 11) is -1.07. The van der Waals surface area contributed by atoms with Crippen LogP contribution in [0.15, 0.2) is 71.6 Å². The highest BCUT2D eigenvalue weighted by molar-refractivity contribution is 9.10. The minimum absolute atomic E-state index is 0.174. The van der Waals surface area contributed by atoms with E-state index < -0.39 is 7.14 Å². The molecule has 15 nitrogen and oxygen atoms in total. The fourth-order valence-corrected chi connectivity index (χ4v) is 11.9. The number of hydrogen-bond donors (Lipinski definition) is 3.